The van der Waals surface area contributed by atoms with E-state index in [-0.39, 0.29) is 11.5 Å². The zero-order chi connectivity index (χ0) is 18.1. The number of nitrogens with one attached hydrogen (secondary N) is 1. The fraction of sp³-hybridized carbons (Fsp3) is 0.368. The fourth-order valence-corrected chi connectivity index (χ4v) is 2.39. The maximum absolute atomic E-state index is 12.9. The van der Waals surface area contributed by atoms with Crippen LogP contribution in [0.2, 0.25) is 0 Å². The minimum Gasteiger partial charge on any atom is -0.420 e. The normalized spacial score (nSPS) is 11.2. The summed E-state index contributed by atoms with van der Waals surface area (Å²) in [6.07, 6.45) is 4.37. The molecule has 0 aliphatic carbocycles. The average Bonchev–Trinajstić information content (AvgIpc) is 3.03. The maximum Gasteiger partial charge on any atom is 0.232 e. The number of anilines is 1. The van der Waals surface area contributed by atoms with Gasteiger partial charge in [-0.1, -0.05) is 26.0 Å². The van der Waals surface area contributed by atoms with Gasteiger partial charge in [0.1, 0.15) is 11.9 Å². The van der Waals surface area contributed by atoms with Gasteiger partial charge in [-0.3, -0.25) is 0 Å². The van der Waals surface area contributed by atoms with Gasteiger partial charge in [-0.2, -0.15) is 10.2 Å². The minimum absolute atomic E-state index is 0.238. The molecule has 1 aromatic heterocycles. The van der Waals surface area contributed by atoms with E-state index < -0.39 is 0 Å². The minimum atomic E-state index is -0.281. The molecular formula is C19H23FN4O. The largest absolute Gasteiger partial charge is 0.420 e. The van der Waals surface area contributed by atoms with E-state index in [0.29, 0.717) is 18.3 Å². The summed E-state index contributed by atoms with van der Waals surface area (Å²) in [6, 6.07) is 8.13. The van der Waals surface area contributed by atoms with Gasteiger partial charge in [0.2, 0.25) is 17.5 Å². The Morgan fingerprint density at radius 2 is 1.96 bits per heavy atom. The predicted octanol–water partition coefficient (Wildman–Crippen LogP) is 4.00. The second-order valence-electron chi connectivity index (χ2n) is 5.53. The first-order chi connectivity index (χ1) is 12.2. The van der Waals surface area contributed by atoms with Crippen LogP contribution in [0.4, 0.5) is 10.3 Å². The third kappa shape index (κ3) is 5.73. The number of nitrogens with zero attached hydrogens (tertiary/aromatic N) is 3. The zero-order valence-electron chi connectivity index (χ0n) is 14.6. The summed E-state index contributed by atoms with van der Waals surface area (Å²) in [5, 5.41) is 12.3. The van der Waals surface area contributed by atoms with Crippen molar-refractivity contribution in [2.24, 2.45) is 0 Å². The SMILES string of the molecule is CCN(CC)CCCNc1oc(C=Cc2ccc(F)cc2)nc1C#N. The summed E-state index contributed by atoms with van der Waals surface area (Å²) >= 11 is 0. The molecular weight excluding hydrogens is 319 g/mol. The van der Waals surface area contributed by atoms with Gasteiger partial charge in [0.05, 0.1) is 0 Å². The number of hydrogen-bond donors (Lipinski definition) is 1. The molecule has 2 aromatic rings. The molecule has 0 radical (unpaired) electrons. The summed E-state index contributed by atoms with van der Waals surface area (Å²) in [5.41, 5.74) is 1.06. The van der Waals surface area contributed by atoms with E-state index in [4.69, 9.17) is 4.42 Å². The highest BCUT2D eigenvalue weighted by Crippen LogP contribution is 2.18. The lowest BCUT2D eigenvalue weighted by Crippen LogP contribution is -2.25. The number of rotatable bonds is 9. The average molecular weight is 342 g/mol. The van der Waals surface area contributed by atoms with Crippen molar-refractivity contribution in [1.29, 1.82) is 5.26 Å². The maximum atomic E-state index is 12.9. The van der Waals surface area contributed by atoms with Crippen molar-refractivity contribution in [3.05, 3.63) is 47.2 Å². The Hall–Kier alpha value is -2.65. The molecule has 25 heavy (non-hydrogen) atoms. The van der Waals surface area contributed by atoms with Crippen LogP contribution in [-0.2, 0) is 0 Å². The van der Waals surface area contributed by atoms with Gasteiger partial charge >= 0.3 is 0 Å². The van der Waals surface area contributed by atoms with Crippen molar-refractivity contribution in [2.75, 3.05) is 31.5 Å². The Balaban J connectivity index is 1.94. The van der Waals surface area contributed by atoms with E-state index in [0.717, 1.165) is 31.6 Å². The molecule has 0 saturated carbocycles. The fourth-order valence-electron chi connectivity index (χ4n) is 2.39. The van der Waals surface area contributed by atoms with Crippen LogP contribution in [-0.4, -0.2) is 36.1 Å². The van der Waals surface area contributed by atoms with E-state index in [1.807, 2.05) is 6.07 Å². The number of oxazole rings is 1. The smallest absolute Gasteiger partial charge is 0.232 e. The van der Waals surface area contributed by atoms with Crippen LogP contribution in [0.3, 0.4) is 0 Å². The van der Waals surface area contributed by atoms with Crippen LogP contribution in [0, 0.1) is 17.1 Å². The number of aromatic nitrogens is 1. The molecule has 1 N–H and O–H groups in total. The van der Waals surface area contributed by atoms with Gasteiger partial charge in [-0.05, 0) is 49.8 Å². The highest BCUT2D eigenvalue weighted by atomic mass is 19.1. The molecule has 0 fully saturated rings. The van der Waals surface area contributed by atoms with Crippen molar-refractivity contribution >= 4 is 18.0 Å². The molecule has 0 bridgehead atoms. The molecule has 0 amide bonds. The third-order valence-electron chi connectivity index (χ3n) is 3.87. The third-order valence-corrected chi connectivity index (χ3v) is 3.87. The summed E-state index contributed by atoms with van der Waals surface area (Å²) in [6.45, 7) is 8.04. The van der Waals surface area contributed by atoms with Crippen LogP contribution in [0.25, 0.3) is 12.2 Å². The summed E-state index contributed by atoms with van der Waals surface area (Å²) < 4.78 is 18.5. The number of nitriles is 1. The van der Waals surface area contributed by atoms with Gasteiger partial charge in [-0.15, -0.1) is 0 Å². The molecule has 0 unspecified atom stereocenters. The molecule has 2 rings (SSSR count). The van der Waals surface area contributed by atoms with Crippen LogP contribution >= 0.6 is 0 Å². The van der Waals surface area contributed by atoms with Crippen LogP contribution < -0.4 is 5.32 Å². The monoisotopic (exact) mass is 342 g/mol. The van der Waals surface area contributed by atoms with Crippen LogP contribution in [0.1, 0.15) is 37.4 Å². The quantitative estimate of drug-likeness (QED) is 0.698. The van der Waals surface area contributed by atoms with E-state index in [2.05, 4.69) is 29.0 Å². The van der Waals surface area contributed by atoms with Gasteiger partial charge in [0.25, 0.3) is 0 Å². The van der Waals surface area contributed by atoms with Crippen molar-refractivity contribution in [3.63, 3.8) is 0 Å². The zero-order valence-corrected chi connectivity index (χ0v) is 14.6. The molecule has 0 saturated heterocycles. The summed E-state index contributed by atoms with van der Waals surface area (Å²) in [5.74, 6) is 0.448. The van der Waals surface area contributed by atoms with Crippen LogP contribution in [0.5, 0.6) is 0 Å². The molecule has 0 spiro atoms. The Morgan fingerprint density at radius 3 is 2.60 bits per heavy atom. The van der Waals surface area contributed by atoms with Gasteiger partial charge in [-0.25, -0.2) is 4.39 Å². The lowest BCUT2D eigenvalue weighted by atomic mass is 10.2. The van der Waals surface area contributed by atoms with Gasteiger partial charge in [0, 0.05) is 12.6 Å². The predicted molar refractivity (Wildman–Crippen MR) is 97.4 cm³/mol. The molecule has 5 nitrogen and oxygen atoms in total. The second kappa shape index (κ2) is 9.60. The van der Waals surface area contributed by atoms with Crippen molar-refractivity contribution in [2.45, 2.75) is 20.3 Å². The molecule has 1 heterocycles. The number of hydrogen-bond acceptors (Lipinski definition) is 5. The first kappa shape index (κ1) is 18.7. The summed E-state index contributed by atoms with van der Waals surface area (Å²) in [7, 11) is 0. The van der Waals surface area contributed by atoms with Crippen molar-refractivity contribution in [3.8, 4) is 6.07 Å². The standard InChI is InChI=1S/C19H23FN4O/c1-3-24(4-2)13-5-12-22-19-17(14-21)23-18(25-19)11-8-15-6-9-16(20)10-7-15/h6-11,22H,3-5,12-13H2,1-2H3. The second-order valence-corrected chi connectivity index (χ2v) is 5.53. The molecule has 0 aliphatic heterocycles. The highest BCUT2D eigenvalue weighted by molar-refractivity contribution is 5.67. The lowest BCUT2D eigenvalue weighted by molar-refractivity contribution is 0.302. The first-order valence-electron chi connectivity index (χ1n) is 8.47. The van der Waals surface area contributed by atoms with E-state index >= 15 is 0 Å². The van der Waals surface area contributed by atoms with E-state index in [1.54, 1.807) is 24.3 Å². The Morgan fingerprint density at radius 1 is 1.24 bits per heavy atom. The number of benzene rings is 1. The van der Waals surface area contributed by atoms with Gasteiger partial charge < -0.3 is 14.6 Å². The first-order valence-corrected chi connectivity index (χ1v) is 8.47. The Kier molecular flexibility index (Phi) is 7.17. The lowest BCUT2D eigenvalue weighted by Gasteiger charge is -2.17. The van der Waals surface area contributed by atoms with E-state index in [9.17, 15) is 9.65 Å². The highest BCUT2D eigenvalue weighted by Gasteiger charge is 2.11. The number of halogens is 1. The molecule has 1 aromatic carbocycles. The van der Waals surface area contributed by atoms with E-state index in [1.165, 1.54) is 12.1 Å². The van der Waals surface area contributed by atoms with Crippen molar-refractivity contribution < 1.29 is 8.81 Å². The Labute approximate surface area is 147 Å². The molecule has 132 valence electrons. The Bertz CT molecular complexity index is 727. The summed E-state index contributed by atoms with van der Waals surface area (Å²) in [4.78, 5) is 6.48. The van der Waals surface area contributed by atoms with Crippen molar-refractivity contribution in [1.82, 2.24) is 9.88 Å². The molecule has 0 atom stereocenters. The van der Waals surface area contributed by atoms with Gasteiger partial charge in [0.15, 0.2) is 0 Å². The topological polar surface area (TPSA) is 65.1 Å². The molecule has 0 aliphatic rings. The molecule has 6 heteroatoms. The van der Waals surface area contributed by atoms with Crippen LogP contribution in [0.15, 0.2) is 28.7 Å².